The van der Waals surface area contributed by atoms with E-state index in [9.17, 15) is 0 Å². The molecule has 2 N–H and O–H groups in total. The van der Waals surface area contributed by atoms with Crippen molar-refractivity contribution < 1.29 is 4.42 Å². The standard InChI is InChI=1S/C9H10BrN3O/c1-13-4-3-12-9(13)7(11)8-6(10)2-5-14-8/h2-5,7H,11H2,1H3. The summed E-state index contributed by atoms with van der Waals surface area (Å²) in [6.45, 7) is 0. The molecule has 2 rings (SSSR count). The Bertz CT molecular complexity index is 394. The van der Waals surface area contributed by atoms with Crippen LogP contribution in [0.4, 0.5) is 0 Å². The zero-order valence-electron chi connectivity index (χ0n) is 7.64. The summed E-state index contributed by atoms with van der Waals surface area (Å²) < 4.78 is 8.02. The van der Waals surface area contributed by atoms with Crippen molar-refractivity contribution in [1.29, 1.82) is 0 Å². The first kappa shape index (κ1) is 9.48. The summed E-state index contributed by atoms with van der Waals surface area (Å²) in [5.41, 5.74) is 6.00. The number of rotatable bonds is 2. The van der Waals surface area contributed by atoms with Gasteiger partial charge in [0.2, 0.25) is 0 Å². The van der Waals surface area contributed by atoms with E-state index in [0.717, 1.165) is 10.3 Å². The number of furan rings is 1. The van der Waals surface area contributed by atoms with Crippen molar-refractivity contribution in [1.82, 2.24) is 9.55 Å². The van der Waals surface area contributed by atoms with Crippen LogP contribution in [0.3, 0.4) is 0 Å². The zero-order valence-corrected chi connectivity index (χ0v) is 9.23. The van der Waals surface area contributed by atoms with Gasteiger partial charge in [-0.2, -0.15) is 0 Å². The van der Waals surface area contributed by atoms with Crippen LogP contribution in [-0.2, 0) is 7.05 Å². The third-order valence-electron chi connectivity index (χ3n) is 2.06. The summed E-state index contributed by atoms with van der Waals surface area (Å²) in [5, 5.41) is 0. The highest BCUT2D eigenvalue weighted by atomic mass is 79.9. The molecule has 14 heavy (non-hydrogen) atoms. The molecule has 4 nitrogen and oxygen atoms in total. The monoisotopic (exact) mass is 255 g/mol. The molecule has 5 heteroatoms. The Morgan fingerprint density at radius 1 is 1.64 bits per heavy atom. The third-order valence-corrected chi connectivity index (χ3v) is 2.72. The minimum absolute atomic E-state index is 0.334. The average molecular weight is 256 g/mol. The fourth-order valence-corrected chi connectivity index (χ4v) is 1.77. The Morgan fingerprint density at radius 2 is 2.43 bits per heavy atom. The van der Waals surface area contributed by atoms with Gasteiger partial charge in [0.15, 0.2) is 0 Å². The van der Waals surface area contributed by atoms with Crippen molar-refractivity contribution in [2.45, 2.75) is 6.04 Å². The highest BCUT2D eigenvalue weighted by Gasteiger charge is 2.18. The second kappa shape index (κ2) is 3.59. The minimum atomic E-state index is -0.334. The van der Waals surface area contributed by atoms with Crippen LogP contribution in [-0.4, -0.2) is 9.55 Å². The largest absolute Gasteiger partial charge is 0.466 e. The lowest BCUT2D eigenvalue weighted by atomic mass is 10.2. The van der Waals surface area contributed by atoms with Gasteiger partial charge in [-0.15, -0.1) is 0 Å². The van der Waals surface area contributed by atoms with Gasteiger partial charge >= 0.3 is 0 Å². The van der Waals surface area contributed by atoms with Crippen molar-refractivity contribution in [3.05, 3.63) is 40.8 Å². The van der Waals surface area contributed by atoms with E-state index in [4.69, 9.17) is 10.2 Å². The van der Waals surface area contributed by atoms with E-state index in [1.54, 1.807) is 12.5 Å². The highest BCUT2D eigenvalue weighted by Crippen LogP contribution is 2.26. The van der Waals surface area contributed by atoms with Crippen LogP contribution in [0.2, 0.25) is 0 Å². The normalized spacial score (nSPS) is 13.1. The maximum absolute atomic E-state index is 6.00. The molecule has 0 aromatic carbocycles. The first-order valence-corrected chi connectivity index (χ1v) is 4.95. The van der Waals surface area contributed by atoms with Gasteiger partial charge in [0.1, 0.15) is 17.6 Å². The summed E-state index contributed by atoms with van der Waals surface area (Å²) in [4.78, 5) is 4.17. The molecule has 74 valence electrons. The lowest BCUT2D eigenvalue weighted by molar-refractivity contribution is 0.475. The van der Waals surface area contributed by atoms with Crippen LogP contribution in [0.15, 0.2) is 33.6 Å². The molecule has 2 aromatic heterocycles. The Hall–Kier alpha value is -1.07. The van der Waals surface area contributed by atoms with Crippen LogP contribution in [0.5, 0.6) is 0 Å². The maximum atomic E-state index is 6.00. The Kier molecular flexibility index (Phi) is 2.43. The summed E-state index contributed by atoms with van der Waals surface area (Å²) in [7, 11) is 1.90. The quantitative estimate of drug-likeness (QED) is 0.891. The van der Waals surface area contributed by atoms with Crippen molar-refractivity contribution in [2.75, 3.05) is 0 Å². The number of hydrogen-bond donors (Lipinski definition) is 1. The summed E-state index contributed by atoms with van der Waals surface area (Å²) in [6.07, 6.45) is 5.17. The van der Waals surface area contributed by atoms with Crippen LogP contribution in [0.25, 0.3) is 0 Å². The molecule has 0 aliphatic heterocycles. The van der Waals surface area contributed by atoms with E-state index in [-0.39, 0.29) is 6.04 Å². The maximum Gasteiger partial charge on any atom is 0.142 e. The number of halogens is 1. The number of hydrogen-bond acceptors (Lipinski definition) is 3. The summed E-state index contributed by atoms with van der Waals surface area (Å²) in [5.74, 6) is 1.47. The van der Waals surface area contributed by atoms with Gasteiger partial charge in [0, 0.05) is 19.4 Å². The van der Waals surface area contributed by atoms with E-state index in [0.29, 0.717) is 5.76 Å². The predicted molar refractivity (Wildman–Crippen MR) is 55.6 cm³/mol. The van der Waals surface area contributed by atoms with Crippen LogP contribution in [0, 0.1) is 0 Å². The molecule has 0 fully saturated rings. The van der Waals surface area contributed by atoms with Crippen LogP contribution < -0.4 is 5.73 Å². The molecule has 0 spiro atoms. The number of aryl methyl sites for hydroxylation is 1. The number of nitrogens with two attached hydrogens (primary N) is 1. The molecule has 0 aliphatic rings. The summed E-state index contributed by atoms with van der Waals surface area (Å²) in [6, 6.07) is 1.48. The van der Waals surface area contributed by atoms with Gasteiger partial charge in [-0.05, 0) is 22.0 Å². The highest BCUT2D eigenvalue weighted by molar-refractivity contribution is 9.10. The van der Waals surface area contributed by atoms with Crippen molar-refractivity contribution >= 4 is 15.9 Å². The van der Waals surface area contributed by atoms with E-state index in [1.165, 1.54) is 0 Å². The molecule has 2 heterocycles. The van der Waals surface area contributed by atoms with E-state index < -0.39 is 0 Å². The SMILES string of the molecule is Cn1ccnc1C(N)c1occc1Br. The number of nitrogens with zero attached hydrogens (tertiary/aromatic N) is 2. The second-order valence-electron chi connectivity index (χ2n) is 3.01. The van der Waals surface area contributed by atoms with Gasteiger partial charge < -0.3 is 14.7 Å². The lowest BCUT2D eigenvalue weighted by Crippen LogP contribution is -2.16. The Morgan fingerprint density at radius 3 is 2.93 bits per heavy atom. The van der Waals surface area contributed by atoms with Gasteiger partial charge in [0.25, 0.3) is 0 Å². The smallest absolute Gasteiger partial charge is 0.142 e. The fourth-order valence-electron chi connectivity index (χ4n) is 1.32. The number of imidazole rings is 1. The van der Waals surface area contributed by atoms with Crippen LogP contribution in [0.1, 0.15) is 17.6 Å². The molecule has 0 bridgehead atoms. The Balaban J connectivity index is 2.38. The van der Waals surface area contributed by atoms with E-state index in [1.807, 2.05) is 23.9 Å². The molecule has 0 aliphatic carbocycles. The molecule has 0 radical (unpaired) electrons. The van der Waals surface area contributed by atoms with Gasteiger partial charge in [-0.1, -0.05) is 0 Å². The number of aromatic nitrogens is 2. The predicted octanol–water partition coefficient (Wildman–Crippen LogP) is 1.82. The molecule has 1 atom stereocenters. The third kappa shape index (κ3) is 1.49. The minimum Gasteiger partial charge on any atom is -0.466 e. The Labute approximate surface area is 89.9 Å². The van der Waals surface area contributed by atoms with Gasteiger partial charge in [0.05, 0.1) is 10.7 Å². The molecule has 0 saturated carbocycles. The average Bonchev–Trinajstić information content (AvgIpc) is 2.73. The molecular weight excluding hydrogens is 246 g/mol. The van der Waals surface area contributed by atoms with Crippen LogP contribution >= 0.6 is 15.9 Å². The lowest BCUT2D eigenvalue weighted by Gasteiger charge is -2.08. The van der Waals surface area contributed by atoms with Gasteiger partial charge in [-0.3, -0.25) is 0 Å². The fraction of sp³-hybridized carbons (Fsp3) is 0.222. The zero-order chi connectivity index (χ0) is 10.1. The molecule has 2 aromatic rings. The molecule has 1 unspecified atom stereocenters. The molecule has 0 saturated heterocycles. The molecular formula is C9H10BrN3O. The van der Waals surface area contributed by atoms with Crippen molar-refractivity contribution in [3.8, 4) is 0 Å². The van der Waals surface area contributed by atoms with Crippen molar-refractivity contribution in [2.24, 2.45) is 12.8 Å². The van der Waals surface area contributed by atoms with Gasteiger partial charge in [-0.25, -0.2) is 4.98 Å². The van der Waals surface area contributed by atoms with E-state index >= 15 is 0 Å². The summed E-state index contributed by atoms with van der Waals surface area (Å²) >= 11 is 3.37. The second-order valence-corrected chi connectivity index (χ2v) is 3.86. The first-order chi connectivity index (χ1) is 6.70. The topological polar surface area (TPSA) is 57.0 Å². The molecule has 0 amide bonds. The van der Waals surface area contributed by atoms with Crippen molar-refractivity contribution in [3.63, 3.8) is 0 Å². The van der Waals surface area contributed by atoms with E-state index in [2.05, 4.69) is 20.9 Å². The first-order valence-electron chi connectivity index (χ1n) is 4.16.